The molecular formula is C13H14FN3O2. The molecule has 0 amide bonds. The van der Waals surface area contributed by atoms with Crippen molar-refractivity contribution < 1.29 is 13.9 Å². The molecule has 0 radical (unpaired) electrons. The molecule has 0 atom stereocenters. The molecule has 0 fully saturated rings. The molecule has 1 N–H and O–H groups in total. The second-order valence-corrected chi connectivity index (χ2v) is 3.54. The highest BCUT2D eigenvalue weighted by Gasteiger charge is 2.13. The van der Waals surface area contributed by atoms with Gasteiger partial charge in [-0.3, -0.25) is 0 Å². The summed E-state index contributed by atoms with van der Waals surface area (Å²) >= 11 is 0. The maximum Gasteiger partial charge on any atom is 0.360 e. The number of allylic oxidation sites excluding steroid dienone is 2. The molecule has 1 aromatic rings. The summed E-state index contributed by atoms with van der Waals surface area (Å²) in [5.74, 6) is -0.868. The van der Waals surface area contributed by atoms with E-state index in [4.69, 9.17) is 0 Å². The Hall–Kier alpha value is -2.50. The fourth-order valence-electron chi connectivity index (χ4n) is 1.18. The second-order valence-electron chi connectivity index (χ2n) is 3.54. The SMILES string of the molecule is C=C(F)/C=C\C(=C)CNc1nccnc1C(=O)OC. The van der Waals surface area contributed by atoms with E-state index in [0.717, 1.165) is 0 Å². The number of hydrogen-bond acceptors (Lipinski definition) is 5. The van der Waals surface area contributed by atoms with Gasteiger partial charge in [0.05, 0.1) is 7.11 Å². The summed E-state index contributed by atoms with van der Waals surface area (Å²) in [5, 5.41) is 2.87. The molecule has 0 saturated heterocycles. The molecule has 0 spiro atoms. The molecule has 1 aromatic heterocycles. The zero-order valence-corrected chi connectivity index (χ0v) is 10.5. The van der Waals surface area contributed by atoms with Crippen LogP contribution in [0.15, 0.2) is 49.1 Å². The van der Waals surface area contributed by atoms with Gasteiger partial charge in [-0.15, -0.1) is 0 Å². The summed E-state index contributed by atoms with van der Waals surface area (Å²) in [6.45, 7) is 7.09. The van der Waals surface area contributed by atoms with Gasteiger partial charge in [0, 0.05) is 18.9 Å². The van der Waals surface area contributed by atoms with Gasteiger partial charge in [0.15, 0.2) is 11.5 Å². The number of aromatic nitrogens is 2. The second kappa shape index (κ2) is 7.05. The van der Waals surface area contributed by atoms with Gasteiger partial charge in [-0.1, -0.05) is 19.2 Å². The van der Waals surface area contributed by atoms with Crippen molar-refractivity contribution in [1.29, 1.82) is 0 Å². The lowest BCUT2D eigenvalue weighted by Crippen LogP contribution is -2.13. The summed E-state index contributed by atoms with van der Waals surface area (Å²) in [6.07, 6.45) is 5.50. The van der Waals surface area contributed by atoms with Crippen LogP contribution in [0.1, 0.15) is 10.5 Å². The predicted octanol–water partition coefficient (Wildman–Crippen LogP) is 2.27. The maximum atomic E-state index is 12.4. The van der Waals surface area contributed by atoms with E-state index in [2.05, 4.69) is 33.2 Å². The molecule has 0 aliphatic carbocycles. The highest BCUT2D eigenvalue weighted by Crippen LogP contribution is 2.10. The summed E-state index contributed by atoms with van der Waals surface area (Å²) in [7, 11) is 1.26. The monoisotopic (exact) mass is 263 g/mol. The van der Waals surface area contributed by atoms with Crippen LogP contribution < -0.4 is 5.32 Å². The van der Waals surface area contributed by atoms with Gasteiger partial charge in [-0.25, -0.2) is 19.2 Å². The molecule has 0 bridgehead atoms. The molecular weight excluding hydrogens is 249 g/mol. The van der Waals surface area contributed by atoms with Crippen LogP contribution in [0.3, 0.4) is 0 Å². The van der Waals surface area contributed by atoms with Crippen LogP contribution in [0.4, 0.5) is 10.2 Å². The van der Waals surface area contributed by atoms with Crippen molar-refractivity contribution in [3.05, 3.63) is 54.8 Å². The molecule has 0 saturated carbocycles. The third-order valence-electron chi connectivity index (χ3n) is 2.06. The highest BCUT2D eigenvalue weighted by molar-refractivity contribution is 5.92. The average Bonchev–Trinajstić information content (AvgIpc) is 2.42. The standard InChI is InChI=1S/C13H14FN3O2/c1-9(4-5-10(2)14)8-17-12-11(13(18)19-3)15-6-7-16-12/h4-7H,1-2,8H2,3H3,(H,16,17)/b5-4-. The normalized spacial score (nSPS) is 10.2. The number of carbonyl (C=O) groups excluding carboxylic acids is 1. The van der Waals surface area contributed by atoms with Gasteiger partial charge in [-0.2, -0.15) is 0 Å². The topological polar surface area (TPSA) is 64.1 Å². The van der Waals surface area contributed by atoms with Crippen molar-refractivity contribution in [2.24, 2.45) is 0 Å². The number of carbonyl (C=O) groups is 1. The minimum absolute atomic E-state index is 0.0803. The van der Waals surface area contributed by atoms with Crippen molar-refractivity contribution >= 4 is 11.8 Å². The Labute approximate surface area is 110 Å². The van der Waals surface area contributed by atoms with E-state index in [9.17, 15) is 9.18 Å². The number of hydrogen-bond donors (Lipinski definition) is 1. The van der Waals surface area contributed by atoms with Crippen molar-refractivity contribution in [3.63, 3.8) is 0 Å². The van der Waals surface area contributed by atoms with Crippen molar-refractivity contribution in [1.82, 2.24) is 9.97 Å². The van der Waals surface area contributed by atoms with E-state index in [-0.39, 0.29) is 18.1 Å². The lowest BCUT2D eigenvalue weighted by Gasteiger charge is -2.08. The first-order valence-electron chi connectivity index (χ1n) is 5.38. The van der Waals surface area contributed by atoms with Crippen molar-refractivity contribution in [3.8, 4) is 0 Å². The number of methoxy groups -OCH3 is 1. The van der Waals surface area contributed by atoms with Crippen molar-refractivity contribution in [2.45, 2.75) is 0 Å². The summed E-state index contributed by atoms with van der Waals surface area (Å²) in [6, 6.07) is 0. The quantitative estimate of drug-likeness (QED) is 0.630. The van der Waals surface area contributed by atoms with E-state index in [1.165, 1.54) is 31.7 Å². The number of halogens is 1. The van der Waals surface area contributed by atoms with Crippen LogP contribution >= 0.6 is 0 Å². The molecule has 0 aliphatic rings. The Bertz CT molecular complexity index is 526. The van der Waals surface area contributed by atoms with E-state index in [0.29, 0.717) is 5.57 Å². The van der Waals surface area contributed by atoms with Crippen LogP contribution in [0.2, 0.25) is 0 Å². The molecule has 0 aliphatic heterocycles. The molecule has 0 unspecified atom stereocenters. The first-order valence-corrected chi connectivity index (χ1v) is 5.38. The molecule has 0 aromatic carbocycles. The van der Waals surface area contributed by atoms with E-state index in [1.54, 1.807) is 0 Å². The minimum atomic E-state index is -0.589. The zero-order chi connectivity index (χ0) is 14.3. The van der Waals surface area contributed by atoms with Gasteiger partial charge in [0.1, 0.15) is 5.83 Å². The first kappa shape index (κ1) is 14.6. The van der Waals surface area contributed by atoms with Crippen molar-refractivity contribution in [2.75, 3.05) is 19.0 Å². The van der Waals surface area contributed by atoms with Crippen LogP contribution in [0.25, 0.3) is 0 Å². The largest absolute Gasteiger partial charge is 0.464 e. The summed E-state index contributed by atoms with van der Waals surface area (Å²) < 4.78 is 17.0. The Balaban J connectivity index is 2.70. The minimum Gasteiger partial charge on any atom is -0.464 e. The molecule has 1 rings (SSSR count). The van der Waals surface area contributed by atoms with Crippen LogP contribution in [0.5, 0.6) is 0 Å². The summed E-state index contributed by atoms with van der Waals surface area (Å²) in [5.41, 5.74) is 0.678. The zero-order valence-electron chi connectivity index (χ0n) is 10.5. The Kier molecular flexibility index (Phi) is 5.40. The average molecular weight is 263 g/mol. The van der Waals surface area contributed by atoms with Gasteiger partial charge >= 0.3 is 5.97 Å². The molecule has 1 heterocycles. The van der Waals surface area contributed by atoms with Crippen LogP contribution in [-0.4, -0.2) is 29.6 Å². The number of ether oxygens (including phenoxy) is 1. The number of anilines is 1. The Morgan fingerprint density at radius 1 is 1.42 bits per heavy atom. The smallest absolute Gasteiger partial charge is 0.360 e. The molecule has 19 heavy (non-hydrogen) atoms. The third kappa shape index (κ3) is 4.71. The lowest BCUT2D eigenvalue weighted by atomic mass is 10.2. The fraction of sp³-hybridized carbons (Fsp3) is 0.154. The predicted molar refractivity (Wildman–Crippen MR) is 70.4 cm³/mol. The number of nitrogens with zero attached hydrogens (tertiary/aromatic N) is 2. The molecule has 5 nitrogen and oxygen atoms in total. The van der Waals surface area contributed by atoms with Crippen LogP contribution in [0, 0.1) is 0 Å². The lowest BCUT2D eigenvalue weighted by molar-refractivity contribution is 0.0595. The summed E-state index contributed by atoms with van der Waals surface area (Å²) in [4.78, 5) is 19.3. The Morgan fingerprint density at radius 3 is 2.74 bits per heavy atom. The van der Waals surface area contributed by atoms with Gasteiger partial charge in [0.2, 0.25) is 0 Å². The van der Waals surface area contributed by atoms with E-state index < -0.39 is 11.8 Å². The number of rotatable bonds is 6. The van der Waals surface area contributed by atoms with E-state index >= 15 is 0 Å². The Morgan fingerprint density at radius 2 is 2.11 bits per heavy atom. The van der Waals surface area contributed by atoms with E-state index in [1.807, 2.05) is 0 Å². The maximum absolute atomic E-state index is 12.4. The number of nitrogens with one attached hydrogen (secondary N) is 1. The molecule has 6 heteroatoms. The van der Waals surface area contributed by atoms with Gasteiger partial charge in [0.25, 0.3) is 0 Å². The van der Waals surface area contributed by atoms with Gasteiger partial charge < -0.3 is 10.1 Å². The molecule has 100 valence electrons. The van der Waals surface area contributed by atoms with Crippen LogP contribution in [-0.2, 0) is 4.74 Å². The fourth-order valence-corrected chi connectivity index (χ4v) is 1.18. The third-order valence-corrected chi connectivity index (χ3v) is 2.06. The number of esters is 1. The first-order chi connectivity index (χ1) is 9.04. The van der Waals surface area contributed by atoms with Gasteiger partial charge in [-0.05, 0) is 11.6 Å². The highest BCUT2D eigenvalue weighted by atomic mass is 19.1.